The average molecular weight is 368 g/mol. The smallest absolute Gasteiger partial charge is 0.382 e. The molecule has 134 valence electrons. The number of nitrogens with two attached hydrogens (primary N) is 1. The average Bonchev–Trinajstić information content (AvgIpc) is 3.17. The van der Waals surface area contributed by atoms with Crippen molar-refractivity contribution in [3.05, 3.63) is 12.7 Å². The second-order valence-electron chi connectivity index (χ2n) is 5.28. The molecular weight excluding hydrogens is 348 g/mol. The Morgan fingerprint density at radius 3 is 2.88 bits per heavy atom. The Hall–Kier alpha value is -1.36. The fourth-order valence-corrected chi connectivity index (χ4v) is 3.91. The minimum absolute atomic E-state index is 0.117. The zero-order valence-electron chi connectivity index (χ0n) is 14.1. The second-order valence-corrected chi connectivity index (χ2v) is 6.88. The summed E-state index contributed by atoms with van der Waals surface area (Å²) in [7, 11) is 3.76. The number of nitrogens with zero attached hydrogens (tertiary/aromatic N) is 4. The fraction of sp³-hybridized carbons (Fsp3) is 0.615. The second kappa shape index (κ2) is 7.10. The van der Waals surface area contributed by atoms with E-state index in [2.05, 4.69) is 15.0 Å². The van der Waals surface area contributed by atoms with Crippen LogP contribution < -0.4 is 5.73 Å². The van der Waals surface area contributed by atoms with Crippen LogP contribution in [0, 0.1) is 0 Å². The van der Waals surface area contributed by atoms with Crippen LogP contribution in [-0.2, 0) is 18.5 Å². The van der Waals surface area contributed by atoms with Crippen LogP contribution in [0.15, 0.2) is 12.7 Å². The molecule has 4 heterocycles. The van der Waals surface area contributed by atoms with E-state index < -0.39 is 32.4 Å². The largest absolute Gasteiger partial charge is 0.488 e. The van der Waals surface area contributed by atoms with Gasteiger partial charge in [0.15, 0.2) is 23.8 Å². The SMILES string of the molecule is CC.[B][P+]1(O)OC[C@H]2O[C@@H](n3cnc4c(N)ncnc43)C(OC)[C@H]2O1. The molecule has 2 unspecified atom stereocenters. The molecule has 2 aliphatic rings. The predicted molar refractivity (Wildman–Crippen MR) is 91.5 cm³/mol. The van der Waals surface area contributed by atoms with E-state index in [1.165, 1.54) is 13.4 Å². The maximum absolute atomic E-state index is 9.84. The molecule has 10 nitrogen and oxygen atoms in total. The predicted octanol–water partition coefficient (Wildman–Crippen LogP) is 0.601. The number of hydrogen-bond donors (Lipinski definition) is 2. The Morgan fingerprint density at radius 2 is 2.16 bits per heavy atom. The van der Waals surface area contributed by atoms with E-state index >= 15 is 0 Å². The van der Waals surface area contributed by atoms with Gasteiger partial charge in [-0.1, -0.05) is 13.8 Å². The van der Waals surface area contributed by atoms with Crippen molar-refractivity contribution >= 4 is 32.4 Å². The Morgan fingerprint density at radius 1 is 1.40 bits per heavy atom. The molecule has 2 fully saturated rings. The van der Waals surface area contributed by atoms with E-state index in [0.29, 0.717) is 11.2 Å². The summed E-state index contributed by atoms with van der Waals surface area (Å²) >= 11 is 0. The summed E-state index contributed by atoms with van der Waals surface area (Å²) in [5.74, 6) is 0.278. The van der Waals surface area contributed by atoms with Gasteiger partial charge in [-0.3, -0.25) is 4.57 Å². The summed E-state index contributed by atoms with van der Waals surface area (Å²) in [4.78, 5) is 22.2. The molecule has 2 saturated heterocycles. The highest BCUT2D eigenvalue weighted by molar-refractivity contribution is 7.85. The van der Waals surface area contributed by atoms with Crippen molar-refractivity contribution in [2.45, 2.75) is 38.4 Å². The number of methoxy groups -OCH3 is 1. The molecule has 4 rings (SSSR count). The van der Waals surface area contributed by atoms with Gasteiger partial charge in [0.05, 0.1) is 6.33 Å². The number of aromatic nitrogens is 4. The quantitative estimate of drug-likeness (QED) is 0.579. The maximum atomic E-state index is 9.84. The Balaban J connectivity index is 0.000000880. The molecule has 2 aliphatic heterocycles. The molecule has 0 saturated carbocycles. The first kappa shape index (κ1) is 18.4. The number of nitrogen functional groups attached to an aromatic ring is 1. The van der Waals surface area contributed by atoms with Crippen molar-refractivity contribution in [1.29, 1.82) is 0 Å². The summed E-state index contributed by atoms with van der Waals surface area (Å²) in [6, 6.07) is 0. The van der Waals surface area contributed by atoms with E-state index in [1.54, 1.807) is 10.9 Å². The van der Waals surface area contributed by atoms with Gasteiger partial charge in [0, 0.05) is 7.11 Å². The number of fused-ring (bicyclic) bond motifs is 2. The van der Waals surface area contributed by atoms with Crippen molar-refractivity contribution in [3.8, 4) is 0 Å². The number of ether oxygens (including phenoxy) is 2. The number of imidazole rings is 1. The lowest BCUT2D eigenvalue weighted by molar-refractivity contribution is -0.0617. The van der Waals surface area contributed by atoms with Crippen molar-refractivity contribution in [2.75, 3.05) is 19.5 Å². The van der Waals surface area contributed by atoms with Gasteiger partial charge in [0.2, 0.25) is 0 Å². The van der Waals surface area contributed by atoms with Crippen LogP contribution in [-0.4, -0.2) is 64.0 Å². The minimum atomic E-state index is -3.35. The highest BCUT2D eigenvalue weighted by atomic mass is 31.2. The Kier molecular flexibility index (Phi) is 5.24. The molecule has 0 aliphatic carbocycles. The molecule has 25 heavy (non-hydrogen) atoms. The van der Waals surface area contributed by atoms with E-state index in [-0.39, 0.29) is 12.4 Å². The number of hydrogen-bond acceptors (Lipinski definition) is 9. The van der Waals surface area contributed by atoms with Crippen LogP contribution >= 0.6 is 7.82 Å². The third-order valence-electron chi connectivity index (χ3n) is 3.92. The molecule has 2 aromatic rings. The number of anilines is 1. The molecule has 2 aromatic heterocycles. The summed E-state index contributed by atoms with van der Waals surface area (Å²) < 4.78 is 23.7. The molecule has 2 radical (unpaired) electrons. The van der Waals surface area contributed by atoms with Crippen molar-refractivity contribution in [1.82, 2.24) is 19.5 Å². The van der Waals surface area contributed by atoms with Crippen molar-refractivity contribution < 1.29 is 23.4 Å². The van der Waals surface area contributed by atoms with E-state index in [4.69, 9.17) is 31.8 Å². The normalized spacial score (nSPS) is 34.4. The minimum Gasteiger partial charge on any atom is -0.382 e. The topological polar surface area (TPSA) is 127 Å². The molecule has 5 atom stereocenters. The molecule has 0 bridgehead atoms. The van der Waals surface area contributed by atoms with Gasteiger partial charge < -0.3 is 15.2 Å². The highest BCUT2D eigenvalue weighted by Gasteiger charge is 2.57. The van der Waals surface area contributed by atoms with Crippen LogP contribution in [0.1, 0.15) is 20.1 Å². The van der Waals surface area contributed by atoms with Crippen LogP contribution in [0.4, 0.5) is 5.82 Å². The van der Waals surface area contributed by atoms with Gasteiger partial charge >= 0.3 is 15.4 Å². The zero-order chi connectivity index (χ0) is 18.2. The number of rotatable bonds is 2. The first-order valence-electron chi connectivity index (χ1n) is 7.85. The Labute approximate surface area is 146 Å². The van der Waals surface area contributed by atoms with Crippen molar-refractivity contribution in [2.24, 2.45) is 0 Å². The van der Waals surface area contributed by atoms with Gasteiger partial charge in [-0.25, -0.2) is 19.8 Å². The van der Waals surface area contributed by atoms with Gasteiger partial charge in [-0.2, -0.15) is 9.05 Å². The van der Waals surface area contributed by atoms with Crippen LogP contribution in [0.5, 0.6) is 0 Å². The first-order chi connectivity index (χ1) is 12.0. The molecular formula is C13H20BN5O5P+. The van der Waals surface area contributed by atoms with Crippen LogP contribution in [0.2, 0.25) is 0 Å². The lowest BCUT2D eigenvalue weighted by Crippen LogP contribution is -2.41. The summed E-state index contributed by atoms with van der Waals surface area (Å²) in [6.07, 6.45) is 0.824. The van der Waals surface area contributed by atoms with Gasteiger partial charge in [0.25, 0.3) is 0 Å². The van der Waals surface area contributed by atoms with Gasteiger partial charge in [0.1, 0.15) is 30.7 Å². The molecule has 3 N–H and O–H groups in total. The monoisotopic (exact) mass is 368 g/mol. The van der Waals surface area contributed by atoms with E-state index in [1.807, 2.05) is 13.8 Å². The zero-order valence-corrected chi connectivity index (χ0v) is 15.0. The summed E-state index contributed by atoms with van der Waals surface area (Å²) in [6.45, 7) is 4.12. The first-order valence-corrected chi connectivity index (χ1v) is 9.49. The standard InChI is InChI=1S/C11H14BN5O5P.C2H6/c1-19-8-7-5(2-20-23(12,18)22-7)21-11(8)17-4-16-6-9(13)14-3-15-10(6)17;1-2/h3-5,7-8,11,18H,2H2,1H3,(H2,13,14,15);1-2H3/q+1;/t5-,7+,8?,11-,23?;/m1./s1. The third kappa shape index (κ3) is 3.23. The fourth-order valence-electron chi connectivity index (χ4n) is 2.89. The molecule has 0 spiro atoms. The summed E-state index contributed by atoms with van der Waals surface area (Å²) in [5.41, 5.74) is 6.79. The Bertz CT molecular complexity index is 747. The molecule has 0 aromatic carbocycles. The summed E-state index contributed by atoms with van der Waals surface area (Å²) in [5, 5.41) is 0. The van der Waals surface area contributed by atoms with Crippen LogP contribution in [0.25, 0.3) is 11.2 Å². The van der Waals surface area contributed by atoms with Crippen molar-refractivity contribution in [3.63, 3.8) is 0 Å². The third-order valence-corrected chi connectivity index (χ3v) is 4.98. The van der Waals surface area contributed by atoms with E-state index in [0.717, 1.165) is 0 Å². The van der Waals surface area contributed by atoms with Crippen LogP contribution in [0.3, 0.4) is 0 Å². The molecule has 12 heteroatoms. The molecule has 0 amide bonds. The van der Waals surface area contributed by atoms with Gasteiger partial charge in [-0.15, -0.1) is 0 Å². The highest BCUT2D eigenvalue weighted by Crippen LogP contribution is 2.58. The maximum Gasteiger partial charge on any atom is 0.488 e. The van der Waals surface area contributed by atoms with E-state index in [9.17, 15) is 4.89 Å². The van der Waals surface area contributed by atoms with Gasteiger partial charge in [-0.05, 0) is 0 Å². The lowest BCUT2D eigenvalue weighted by atomic mass is 10.1. The lowest BCUT2D eigenvalue weighted by Gasteiger charge is -2.29.